The van der Waals surface area contributed by atoms with Crippen LogP contribution in [-0.2, 0) is 12.6 Å². The van der Waals surface area contributed by atoms with E-state index >= 15 is 0 Å². The van der Waals surface area contributed by atoms with E-state index in [1.54, 1.807) is 12.1 Å². The minimum Gasteiger partial charge on any atom is -0.340 e. The number of rotatable bonds is 7. The molecule has 1 atom stereocenters. The van der Waals surface area contributed by atoms with Gasteiger partial charge in [0.05, 0.1) is 23.2 Å². The van der Waals surface area contributed by atoms with Gasteiger partial charge in [-0.2, -0.15) is 18.4 Å². The monoisotopic (exact) mass is 432 g/mol. The van der Waals surface area contributed by atoms with E-state index in [-0.39, 0.29) is 6.04 Å². The highest BCUT2D eigenvalue weighted by Gasteiger charge is 2.30. The number of halogens is 3. The van der Waals surface area contributed by atoms with E-state index in [2.05, 4.69) is 10.6 Å². The van der Waals surface area contributed by atoms with Crippen LogP contribution in [-0.4, -0.2) is 4.57 Å². The van der Waals surface area contributed by atoms with Crippen molar-refractivity contribution in [1.82, 2.24) is 4.57 Å². The average Bonchev–Trinajstić information content (AvgIpc) is 3.23. The largest absolute Gasteiger partial charge is 0.416 e. The van der Waals surface area contributed by atoms with E-state index < -0.39 is 11.7 Å². The van der Waals surface area contributed by atoms with Crippen LogP contribution < -0.4 is 0 Å². The molecule has 0 amide bonds. The molecule has 0 saturated carbocycles. The molecule has 0 bridgehead atoms. The summed E-state index contributed by atoms with van der Waals surface area (Å²) in [5, 5.41) is 10.4. The highest BCUT2D eigenvalue weighted by molar-refractivity contribution is 5.80. The van der Waals surface area contributed by atoms with Crippen LogP contribution in [0.15, 0.2) is 85.1 Å². The van der Waals surface area contributed by atoms with E-state index in [0.29, 0.717) is 5.56 Å². The Morgan fingerprint density at radius 2 is 1.56 bits per heavy atom. The molecule has 4 rings (SSSR count). The minimum absolute atomic E-state index is 0.0663. The molecular weight excluding hydrogens is 409 g/mol. The van der Waals surface area contributed by atoms with E-state index in [9.17, 15) is 18.4 Å². The Morgan fingerprint density at radius 1 is 0.844 bits per heavy atom. The number of nitriles is 1. The highest BCUT2D eigenvalue weighted by atomic mass is 19.4. The second kappa shape index (κ2) is 9.32. The lowest BCUT2D eigenvalue weighted by Gasteiger charge is -2.22. The van der Waals surface area contributed by atoms with Crippen LogP contribution in [0.25, 0.3) is 10.9 Å². The third-order valence-corrected chi connectivity index (χ3v) is 5.90. The van der Waals surface area contributed by atoms with Crippen LogP contribution >= 0.6 is 0 Å². The molecule has 5 heteroatoms. The van der Waals surface area contributed by atoms with Gasteiger partial charge in [-0.25, -0.2) is 0 Å². The fraction of sp³-hybridized carbons (Fsp3) is 0.222. The number of alkyl halides is 3. The van der Waals surface area contributed by atoms with Crippen LogP contribution in [0.5, 0.6) is 0 Å². The van der Waals surface area contributed by atoms with Crippen LogP contribution in [0, 0.1) is 11.3 Å². The second-order valence-corrected chi connectivity index (χ2v) is 7.93. The van der Waals surface area contributed by atoms with Gasteiger partial charge >= 0.3 is 6.18 Å². The van der Waals surface area contributed by atoms with Crippen molar-refractivity contribution in [1.29, 1.82) is 5.26 Å². The molecule has 0 N–H and O–H groups in total. The topological polar surface area (TPSA) is 28.7 Å². The first-order valence-electron chi connectivity index (χ1n) is 10.7. The maximum Gasteiger partial charge on any atom is 0.416 e. The van der Waals surface area contributed by atoms with Crippen molar-refractivity contribution in [3.8, 4) is 6.07 Å². The summed E-state index contributed by atoms with van der Waals surface area (Å²) in [5.74, 6) is 0. The van der Waals surface area contributed by atoms with Gasteiger partial charge in [-0.05, 0) is 66.1 Å². The van der Waals surface area contributed by atoms with Crippen molar-refractivity contribution >= 4 is 10.9 Å². The fourth-order valence-corrected chi connectivity index (χ4v) is 4.24. The predicted molar refractivity (Wildman–Crippen MR) is 120 cm³/mol. The lowest BCUT2D eigenvalue weighted by Crippen LogP contribution is -2.11. The van der Waals surface area contributed by atoms with Gasteiger partial charge in [-0.15, -0.1) is 0 Å². The number of para-hydroxylation sites is 1. The van der Waals surface area contributed by atoms with Crippen LogP contribution in [0.4, 0.5) is 13.2 Å². The Labute approximate surface area is 185 Å². The summed E-state index contributed by atoms with van der Waals surface area (Å²) in [6.07, 6.45) is 1.04. The first kappa shape index (κ1) is 21.7. The molecule has 162 valence electrons. The normalized spacial score (nSPS) is 12.6. The molecule has 1 heterocycles. The molecule has 0 aliphatic rings. The summed E-state index contributed by atoms with van der Waals surface area (Å²) in [4.78, 5) is 0. The third kappa shape index (κ3) is 4.70. The van der Waals surface area contributed by atoms with Crippen molar-refractivity contribution in [3.05, 3.63) is 107 Å². The maximum atomic E-state index is 13.0. The molecule has 32 heavy (non-hydrogen) atoms. The number of nitrogens with zero attached hydrogens (tertiary/aromatic N) is 2. The number of aryl methyl sites for hydroxylation is 1. The summed E-state index contributed by atoms with van der Waals surface area (Å²) in [6.45, 7) is 0. The molecule has 0 aliphatic carbocycles. The maximum absolute atomic E-state index is 13.0. The van der Waals surface area contributed by atoms with Crippen molar-refractivity contribution in [2.24, 2.45) is 0 Å². The zero-order valence-electron chi connectivity index (χ0n) is 17.5. The van der Waals surface area contributed by atoms with E-state index in [4.69, 9.17) is 0 Å². The number of benzene rings is 3. The molecule has 0 fully saturated rings. The zero-order chi connectivity index (χ0) is 22.6. The predicted octanol–water partition coefficient (Wildman–Crippen LogP) is 7.53. The third-order valence-electron chi connectivity index (χ3n) is 5.90. The number of fused-ring (bicyclic) bond motifs is 1. The lowest BCUT2D eigenvalue weighted by atomic mass is 9.96. The van der Waals surface area contributed by atoms with E-state index in [0.717, 1.165) is 59.8 Å². The number of unbranched alkanes of at least 4 members (excludes halogenated alkanes) is 1. The van der Waals surface area contributed by atoms with Crippen molar-refractivity contribution < 1.29 is 13.2 Å². The Balaban J connectivity index is 1.56. The fourth-order valence-electron chi connectivity index (χ4n) is 4.24. The Kier molecular flexibility index (Phi) is 6.32. The summed E-state index contributed by atoms with van der Waals surface area (Å²) < 4.78 is 41.3. The van der Waals surface area contributed by atoms with Gasteiger partial charge in [0.25, 0.3) is 0 Å². The SMILES string of the molecule is N#Cc1ccccc1CCCCC(c1ccc(C(F)(F)F)cc1)n1ccc2ccccc21. The smallest absolute Gasteiger partial charge is 0.340 e. The molecule has 3 aromatic carbocycles. The van der Waals surface area contributed by atoms with Gasteiger partial charge in [0.1, 0.15) is 0 Å². The van der Waals surface area contributed by atoms with Gasteiger partial charge in [0.15, 0.2) is 0 Å². The summed E-state index contributed by atoms with van der Waals surface area (Å²) in [5.41, 5.74) is 3.02. The first-order chi connectivity index (χ1) is 15.5. The van der Waals surface area contributed by atoms with Gasteiger partial charge in [0.2, 0.25) is 0 Å². The van der Waals surface area contributed by atoms with Crippen molar-refractivity contribution in [2.45, 2.75) is 37.9 Å². The van der Waals surface area contributed by atoms with Gasteiger partial charge in [-0.3, -0.25) is 0 Å². The Hall–Kier alpha value is -3.52. The molecule has 2 nitrogen and oxygen atoms in total. The first-order valence-corrected chi connectivity index (χ1v) is 10.7. The summed E-state index contributed by atoms with van der Waals surface area (Å²) in [7, 11) is 0. The minimum atomic E-state index is -4.34. The second-order valence-electron chi connectivity index (χ2n) is 7.93. The van der Waals surface area contributed by atoms with E-state index in [1.165, 1.54) is 0 Å². The Morgan fingerprint density at radius 3 is 2.31 bits per heavy atom. The van der Waals surface area contributed by atoms with Gasteiger partial charge < -0.3 is 4.57 Å². The van der Waals surface area contributed by atoms with Crippen molar-refractivity contribution in [3.63, 3.8) is 0 Å². The molecule has 0 aliphatic heterocycles. The lowest BCUT2D eigenvalue weighted by molar-refractivity contribution is -0.137. The molecule has 4 aromatic rings. The van der Waals surface area contributed by atoms with Crippen LogP contribution in [0.3, 0.4) is 0 Å². The van der Waals surface area contributed by atoms with Crippen molar-refractivity contribution in [2.75, 3.05) is 0 Å². The molecular formula is C27H23F3N2. The Bertz CT molecular complexity index is 1230. The van der Waals surface area contributed by atoms with Gasteiger partial charge in [0, 0.05) is 11.7 Å². The average molecular weight is 432 g/mol. The summed E-state index contributed by atoms with van der Waals surface area (Å²) >= 11 is 0. The van der Waals surface area contributed by atoms with Crippen LogP contribution in [0.2, 0.25) is 0 Å². The van der Waals surface area contributed by atoms with Gasteiger partial charge in [-0.1, -0.05) is 55.0 Å². The number of hydrogen-bond donors (Lipinski definition) is 0. The molecule has 0 radical (unpaired) electrons. The quantitative estimate of drug-likeness (QED) is 0.277. The molecule has 0 spiro atoms. The standard InChI is InChI=1S/C27H23F3N2/c28-27(29,30)24-15-13-22(14-16-24)26(32-18-17-21-9-4-6-11-25(21)32)12-5-3-8-20-7-1-2-10-23(20)19-31/h1-2,4,6-7,9-11,13-18,26H,3,5,8,12H2. The van der Waals surface area contributed by atoms with Crippen LogP contribution in [0.1, 0.15) is 47.6 Å². The molecule has 1 unspecified atom stereocenters. The molecule has 1 aromatic heterocycles. The van der Waals surface area contributed by atoms with E-state index in [1.807, 2.05) is 60.8 Å². The number of aromatic nitrogens is 1. The number of hydrogen-bond acceptors (Lipinski definition) is 1. The molecule has 0 saturated heterocycles. The summed E-state index contributed by atoms with van der Waals surface area (Å²) in [6, 6.07) is 25.3. The zero-order valence-corrected chi connectivity index (χ0v) is 17.5. The highest BCUT2D eigenvalue weighted by Crippen LogP contribution is 2.33.